The fraction of sp³-hybridized carbons (Fsp3) is 0.174. The highest BCUT2D eigenvalue weighted by atomic mass is 16.6. The Balaban J connectivity index is 1.68. The van der Waals surface area contributed by atoms with Crippen molar-refractivity contribution in [2.45, 2.75) is 20.0 Å². The minimum atomic E-state index is -0.806. The number of ketones is 1. The van der Waals surface area contributed by atoms with Gasteiger partial charge in [-0.05, 0) is 55.0 Å². The first-order chi connectivity index (χ1) is 14.0. The number of carbonyl (C=O) groups is 2. The van der Waals surface area contributed by atoms with E-state index in [1.807, 2.05) is 36.4 Å². The molecular formula is C23H22N2O4. The molecule has 0 saturated carbocycles. The van der Waals surface area contributed by atoms with Crippen molar-refractivity contribution >= 4 is 34.4 Å². The first-order valence-corrected chi connectivity index (χ1v) is 9.16. The van der Waals surface area contributed by atoms with Gasteiger partial charge in [0.05, 0.1) is 13.3 Å². The summed E-state index contributed by atoms with van der Waals surface area (Å²) in [6, 6.07) is 18.4. The molecule has 0 fully saturated rings. The maximum absolute atomic E-state index is 12.3. The maximum atomic E-state index is 12.3. The van der Waals surface area contributed by atoms with Crippen molar-refractivity contribution in [3.8, 4) is 5.75 Å². The zero-order valence-electron chi connectivity index (χ0n) is 16.5. The van der Waals surface area contributed by atoms with Crippen molar-refractivity contribution in [1.29, 1.82) is 0 Å². The number of nitrogens with one attached hydrogen (secondary N) is 1. The normalized spacial score (nSPS) is 12.0. The van der Waals surface area contributed by atoms with Crippen molar-refractivity contribution < 1.29 is 19.2 Å². The second-order valence-electron chi connectivity index (χ2n) is 6.51. The molecule has 1 unspecified atom stereocenters. The first-order valence-electron chi connectivity index (χ1n) is 9.16. The molecule has 29 heavy (non-hydrogen) atoms. The van der Waals surface area contributed by atoms with Crippen LogP contribution in [-0.4, -0.2) is 31.1 Å². The highest BCUT2D eigenvalue weighted by Gasteiger charge is 2.15. The van der Waals surface area contributed by atoms with Crippen molar-refractivity contribution in [3.63, 3.8) is 0 Å². The monoisotopic (exact) mass is 390 g/mol. The predicted molar refractivity (Wildman–Crippen MR) is 114 cm³/mol. The fourth-order valence-electron chi connectivity index (χ4n) is 2.84. The van der Waals surface area contributed by atoms with E-state index in [0.29, 0.717) is 17.0 Å². The maximum Gasteiger partial charge on any atom is 0.267 e. The Bertz CT molecular complexity index is 1060. The number of oxime groups is 1. The number of rotatable bonds is 7. The van der Waals surface area contributed by atoms with Crippen molar-refractivity contribution in [1.82, 2.24) is 0 Å². The summed E-state index contributed by atoms with van der Waals surface area (Å²) >= 11 is 0. The van der Waals surface area contributed by atoms with Crippen molar-refractivity contribution in [3.05, 3.63) is 71.8 Å². The smallest absolute Gasteiger partial charge is 0.267 e. The quantitative estimate of drug-likeness (QED) is 0.368. The van der Waals surface area contributed by atoms with Gasteiger partial charge >= 0.3 is 0 Å². The molecule has 3 aromatic rings. The molecule has 3 rings (SSSR count). The zero-order valence-corrected chi connectivity index (χ0v) is 16.5. The number of Topliss-reactive ketones (excluding diaryl/α,β-unsaturated/α-hetero) is 1. The van der Waals surface area contributed by atoms with E-state index in [1.54, 1.807) is 44.5 Å². The lowest BCUT2D eigenvalue weighted by atomic mass is 10.0. The van der Waals surface area contributed by atoms with Gasteiger partial charge in [-0.1, -0.05) is 35.5 Å². The van der Waals surface area contributed by atoms with Gasteiger partial charge in [-0.25, -0.2) is 0 Å². The summed E-state index contributed by atoms with van der Waals surface area (Å²) in [5.41, 5.74) is 1.94. The summed E-state index contributed by atoms with van der Waals surface area (Å²) in [7, 11) is 1.59. The summed E-state index contributed by atoms with van der Waals surface area (Å²) in [5.74, 6) is 0.291. The molecule has 0 aliphatic rings. The molecule has 0 spiro atoms. The molecule has 0 radical (unpaired) electrons. The first kappa shape index (κ1) is 20.1. The van der Waals surface area contributed by atoms with E-state index in [-0.39, 0.29) is 11.7 Å². The van der Waals surface area contributed by atoms with Crippen LogP contribution in [0.5, 0.6) is 5.75 Å². The van der Waals surface area contributed by atoms with Gasteiger partial charge in [0.15, 0.2) is 5.78 Å². The largest absolute Gasteiger partial charge is 0.496 e. The average Bonchev–Trinajstić information content (AvgIpc) is 2.74. The van der Waals surface area contributed by atoms with E-state index < -0.39 is 6.10 Å². The molecule has 0 saturated heterocycles. The Morgan fingerprint density at radius 2 is 1.76 bits per heavy atom. The lowest BCUT2D eigenvalue weighted by Crippen LogP contribution is -2.26. The van der Waals surface area contributed by atoms with Crippen LogP contribution in [0.3, 0.4) is 0 Å². The lowest BCUT2D eigenvalue weighted by Gasteiger charge is -2.11. The van der Waals surface area contributed by atoms with Crippen molar-refractivity contribution in [2.24, 2.45) is 5.16 Å². The van der Waals surface area contributed by atoms with E-state index >= 15 is 0 Å². The van der Waals surface area contributed by atoms with Gasteiger partial charge in [-0.2, -0.15) is 0 Å². The third-order valence-electron chi connectivity index (χ3n) is 4.48. The second-order valence-corrected chi connectivity index (χ2v) is 6.51. The molecule has 0 aliphatic carbocycles. The number of methoxy groups -OCH3 is 1. The van der Waals surface area contributed by atoms with Crippen LogP contribution in [0.15, 0.2) is 65.8 Å². The summed E-state index contributed by atoms with van der Waals surface area (Å²) < 4.78 is 5.41. The second kappa shape index (κ2) is 9.01. The standard InChI is InChI=1S/C23H22N2O4/c1-15(26)17-8-11-19(12-9-17)25-23(27)16(2)29-24-14-21-20-7-5-4-6-18(20)10-13-22(21)28-3/h4-14,16H,1-3H3,(H,25,27)/b24-14+. The molecule has 1 amide bonds. The number of benzene rings is 3. The highest BCUT2D eigenvalue weighted by molar-refractivity contribution is 6.02. The molecular weight excluding hydrogens is 368 g/mol. The number of fused-ring (bicyclic) bond motifs is 1. The molecule has 1 atom stereocenters. The number of ether oxygens (including phenoxy) is 1. The molecule has 3 aromatic carbocycles. The number of amides is 1. The van der Waals surface area contributed by atoms with Gasteiger partial charge in [0.25, 0.3) is 5.91 Å². The number of hydrogen-bond acceptors (Lipinski definition) is 5. The Hall–Kier alpha value is -3.67. The van der Waals surface area contributed by atoms with Gasteiger partial charge in [0.2, 0.25) is 6.10 Å². The average molecular weight is 390 g/mol. The topological polar surface area (TPSA) is 77.0 Å². The molecule has 6 nitrogen and oxygen atoms in total. The van der Waals surface area contributed by atoms with Crippen LogP contribution in [0.25, 0.3) is 10.8 Å². The van der Waals surface area contributed by atoms with E-state index in [2.05, 4.69) is 10.5 Å². The van der Waals surface area contributed by atoms with Crippen LogP contribution in [0, 0.1) is 0 Å². The fourth-order valence-corrected chi connectivity index (χ4v) is 2.84. The van der Waals surface area contributed by atoms with Crippen LogP contribution in [0.4, 0.5) is 5.69 Å². The van der Waals surface area contributed by atoms with Crippen molar-refractivity contribution in [2.75, 3.05) is 12.4 Å². The van der Waals surface area contributed by atoms with Crippen LogP contribution < -0.4 is 10.1 Å². The molecule has 0 aliphatic heterocycles. The molecule has 148 valence electrons. The molecule has 0 bridgehead atoms. The zero-order chi connectivity index (χ0) is 20.8. The SMILES string of the molecule is COc1ccc2ccccc2c1/C=N/OC(C)C(=O)Nc1ccc(C(C)=O)cc1. The highest BCUT2D eigenvalue weighted by Crippen LogP contribution is 2.26. The van der Waals surface area contributed by atoms with E-state index in [9.17, 15) is 9.59 Å². The van der Waals surface area contributed by atoms with Gasteiger partial charge in [0, 0.05) is 16.8 Å². The van der Waals surface area contributed by atoms with Crippen LogP contribution >= 0.6 is 0 Å². The van der Waals surface area contributed by atoms with Gasteiger partial charge in [-0.15, -0.1) is 0 Å². The minimum absolute atomic E-state index is 0.0298. The Morgan fingerprint density at radius 1 is 1.03 bits per heavy atom. The van der Waals surface area contributed by atoms with Crippen LogP contribution in [0.2, 0.25) is 0 Å². The summed E-state index contributed by atoms with van der Waals surface area (Å²) in [5, 5.41) is 8.75. The lowest BCUT2D eigenvalue weighted by molar-refractivity contribution is -0.126. The Kier molecular flexibility index (Phi) is 6.24. The third kappa shape index (κ3) is 4.79. The van der Waals surface area contributed by atoms with Gasteiger partial charge in [-0.3, -0.25) is 9.59 Å². The minimum Gasteiger partial charge on any atom is -0.496 e. The number of hydrogen-bond donors (Lipinski definition) is 1. The molecule has 0 aromatic heterocycles. The van der Waals surface area contributed by atoms with E-state index in [0.717, 1.165) is 16.3 Å². The van der Waals surface area contributed by atoms with Crippen LogP contribution in [0.1, 0.15) is 29.8 Å². The Labute approximate surface area is 169 Å². The summed E-state index contributed by atoms with van der Waals surface area (Å²) in [4.78, 5) is 29.0. The molecule has 1 N–H and O–H groups in total. The van der Waals surface area contributed by atoms with E-state index in [1.165, 1.54) is 6.92 Å². The number of carbonyl (C=O) groups excluding carboxylic acids is 2. The van der Waals surface area contributed by atoms with Gasteiger partial charge in [0.1, 0.15) is 5.75 Å². The predicted octanol–water partition coefficient (Wildman–Crippen LogP) is 4.43. The van der Waals surface area contributed by atoms with Gasteiger partial charge < -0.3 is 14.9 Å². The number of nitrogens with zero attached hydrogens (tertiary/aromatic N) is 1. The summed E-state index contributed by atoms with van der Waals surface area (Å²) in [6.07, 6.45) is 0.742. The summed E-state index contributed by atoms with van der Waals surface area (Å²) in [6.45, 7) is 3.10. The Morgan fingerprint density at radius 3 is 2.45 bits per heavy atom. The van der Waals surface area contributed by atoms with E-state index in [4.69, 9.17) is 9.57 Å². The van der Waals surface area contributed by atoms with Crippen LogP contribution in [-0.2, 0) is 9.63 Å². The molecule has 6 heteroatoms. The molecule has 0 heterocycles. The number of anilines is 1. The third-order valence-corrected chi connectivity index (χ3v) is 4.48.